The molecule has 1 aliphatic rings. The molecule has 0 bridgehead atoms. The minimum absolute atomic E-state index is 0.0674. The van der Waals surface area contributed by atoms with Crippen LogP contribution in [0.1, 0.15) is 31.4 Å². The van der Waals surface area contributed by atoms with Crippen LogP contribution in [0.25, 0.3) is 0 Å². The summed E-state index contributed by atoms with van der Waals surface area (Å²) in [6.45, 7) is 3.44. The highest BCUT2D eigenvalue weighted by molar-refractivity contribution is 5.79. The van der Waals surface area contributed by atoms with Gasteiger partial charge in [0.25, 0.3) is 0 Å². The number of hydrogen-bond donors (Lipinski definition) is 0. The van der Waals surface area contributed by atoms with Crippen LogP contribution in [0.3, 0.4) is 0 Å². The van der Waals surface area contributed by atoms with Crippen LogP contribution in [-0.2, 0) is 18.4 Å². The van der Waals surface area contributed by atoms with Gasteiger partial charge in [-0.25, -0.2) is 0 Å². The van der Waals surface area contributed by atoms with E-state index in [2.05, 4.69) is 10.2 Å². The topological polar surface area (TPSA) is 56.0 Å². The molecule has 2 aromatic heterocycles. The van der Waals surface area contributed by atoms with Crippen LogP contribution in [0.4, 0.5) is 0 Å². The van der Waals surface area contributed by atoms with Crippen LogP contribution in [0.2, 0.25) is 0 Å². The number of aromatic nitrogens is 4. The Labute approximate surface area is 124 Å². The van der Waals surface area contributed by atoms with Crippen LogP contribution in [0.5, 0.6) is 0 Å². The molecule has 0 spiro atoms. The van der Waals surface area contributed by atoms with E-state index in [0.29, 0.717) is 6.54 Å². The third kappa shape index (κ3) is 2.84. The predicted molar refractivity (Wildman–Crippen MR) is 78.3 cm³/mol. The first-order valence-corrected chi connectivity index (χ1v) is 7.41. The van der Waals surface area contributed by atoms with E-state index in [1.165, 1.54) is 0 Å². The van der Waals surface area contributed by atoms with Crippen LogP contribution in [0, 0.1) is 5.92 Å². The Hall–Kier alpha value is -2.11. The summed E-state index contributed by atoms with van der Waals surface area (Å²) < 4.78 is 3.61. The van der Waals surface area contributed by atoms with Crippen molar-refractivity contribution in [3.8, 4) is 0 Å². The van der Waals surface area contributed by atoms with Crippen LogP contribution < -0.4 is 0 Å². The normalized spacial score (nSPS) is 19.9. The highest BCUT2D eigenvalue weighted by atomic mass is 16.2. The average Bonchev–Trinajstić information content (AvgIpc) is 3.17. The molecule has 1 amide bonds. The van der Waals surface area contributed by atoms with Gasteiger partial charge in [-0.05, 0) is 18.9 Å². The lowest BCUT2D eigenvalue weighted by atomic mass is 10.1. The third-order valence-corrected chi connectivity index (χ3v) is 4.09. The average molecular weight is 287 g/mol. The molecule has 3 heterocycles. The van der Waals surface area contributed by atoms with Gasteiger partial charge in [0.2, 0.25) is 5.91 Å². The minimum atomic E-state index is -0.0674. The van der Waals surface area contributed by atoms with E-state index in [0.717, 1.165) is 24.9 Å². The monoisotopic (exact) mass is 287 g/mol. The Morgan fingerprint density at radius 1 is 1.48 bits per heavy atom. The summed E-state index contributed by atoms with van der Waals surface area (Å²) in [5.41, 5.74) is 1.13. The largest absolute Gasteiger partial charge is 0.335 e. The molecule has 6 heteroatoms. The number of carbonyl (C=O) groups is 1. The lowest BCUT2D eigenvalue weighted by Gasteiger charge is -2.27. The van der Waals surface area contributed by atoms with Gasteiger partial charge in [-0.15, -0.1) is 0 Å². The van der Waals surface area contributed by atoms with E-state index in [1.807, 2.05) is 48.2 Å². The van der Waals surface area contributed by atoms with Crippen molar-refractivity contribution < 1.29 is 4.79 Å². The van der Waals surface area contributed by atoms with Crippen molar-refractivity contribution in [3.05, 3.63) is 36.4 Å². The summed E-state index contributed by atoms with van der Waals surface area (Å²) >= 11 is 0. The number of rotatable bonds is 4. The van der Waals surface area contributed by atoms with Crippen molar-refractivity contribution in [1.29, 1.82) is 0 Å². The van der Waals surface area contributed by atoms with Crippen molar-refractivity contribution >= 4 is 5.91 Å². The van der Waals surface area contributed by atoms with Gasteiger partial charge in [0, 0.05) is 37.7 Å². The van der Waals surface area contributed by atoms with E-state index in [-0.39, 0.29) is 17.9 Å². The Balaban J connectivity index is 1.70. The molecule has 3 rings (SSSR count). The Morgan fingerprint density at radius 2 is 2.33 bits per heavy atom. The summed E-state index contributed by atoms with van der Waals surface area (Å²) in [5.74, 6) is 0.138. The maximum atomic E-state index is 12.7. The van der Waals surface area contributed by atoms with Crippen LogP contribution in [0.15, 0.2) is 30.9 Å². The van der Waals surface area contributed by atoms with Crippen molar-refractivity contribution in [2.75, 3.05) is 6.54 Å². The van der Waals surface area contributed by atoms with Gasteiger partial charge in [0.1, 0.15) is 0 Å². The van der Waals surface area contributed by atoms with Gasteiger partial charge < -0.3 is 4.90 Å². The first-order valence-electron chi connectivity index (χ1n) is 7.41. The van der Waals surface area contributed by atoms with Crippen molar-refractivity contribution in [2.45, 2.75) is 32.4 Å². The number of nitrogens with zero attached hydrogens (tertiary/aromatic N) is 5. The molecule has 21 heavy (non-hydrogen) atoms. The fourth-order valence-corrected chi connectivity index (χ4v) is 3.04. The lowest BCUT2D eigenvalue weighted by Crippen LogP contribution is -2.36. The summed E-state index contributed by atoms with van der Waals surface area (Å²) in [6.07, 6.45) is 9.59. The van der Waals surface area contributed by atoms with E-state index < -0.39 is 0 Å². The maximum absolute atomic E-state index is 12.7. The fourth-order valence-electron chi connectivity index (χ4n) is 3.04. The van der Waals surface area contributed by atoms with E-state index in [4.69, 9.17) is 0 Å². The first-order chi connectivity index (χ1) is 10.1. The van der Waals surface area contributed by atoms with Crippen molar-refractivity contribution in [2.24, 2.45) is 13.0 Å². The predicted octanol–water partition coefficient (Wildman–Crippen LogP) is 1.62. The zero-order valence-electron chi connectivity index (χ0n) is 12.5. The molecule has 0 radical (unpaired) electrons. The fraction of sp³-hybridized carbons (Fsp3) is 0.533. The number of hydrogen-bond acceptors (Lipinski definition) is 3. The minimum Gasteiger partial charge on any atom is -0.335 e. The Morgan fingerprint density at radius 3 is 3.00 bits per heavy atom. The molecule has 2 unspecified atom stereocenters. The van der Waals surface area contributed by atoms with E-state index in [1.54, 1.807) is 10.9 Å². The number of likely N-dealkylation sites (tertiary alicyclic amines) is 1. The lowest BCUT2D eigenvalue weighted by molar-refractivity contribution is -0.136. The molecule has 2 atom stereocenters. The zero-order valence-corrected chi connectivity index (χ0v) is 12.5. The molecule has 0 aromatic carbocycles. The number of carbonyl (C=O) groups excluding carboxylic acids is 1. The van der Waals surface area contributed by atoms with E-state index >= 15 is 0 Å². The molecular weight excluding hydrogens is 266 g/mol. The summed E-state index contributed by atoms with van der Waals surface area (Å²) in [6, 6.07) is 2.05. The molecule has 1 fully saturated rings. The summed E-state index contributed by atoms with van der Waals surface area (Å²) in [4.78, 5) is 14.7. The van der Waals surface area contributed by atoms with Gasteiger partial charge in [0.15, 0.2) is 0 Å². The smallest absolute Gasteiger partial charge is 0.227 e. The molecule has 1 saturated heterocycles. The summed E-state index contributed by atoms with van der Waals surface area (Å²) in [5, 5.41) is 8.40. The third-order valence-electron chi connectivity index (χ3n) is 4.09. The molecular formula is C15H21N5O. The zero-order chi connectivity index (χ0) is 14.8. The molecule has 112 valence electrons. The van der Waals surface area contributed by atoms with Crippen LogP contribution in [-0.4, -0.2) is 36.9 Å². The Bertz CT molecular complexity index is 603. The van der Waals surface area contributed by atoms with Crippen molar-refractivity contribution in [1.82, 2.24) is 24.5 Å². The summed E-state index contributed by atoms with van der Waals surface area (Å²) in [7, 11) is 1.91. The molecule has 0 N–H and O–H groups in total. The highest BCUT2D eigenvalue weighted by Crippen LogP contribution is 2.32. The van der Waals surface area contributed by atoms with E-state index in [9.17, 15) is 4.79 Å². The molecule has 0 aliphatic carbocycles. The van der Waals surface area contributed by atoms with Gasteiger partial charge in [-0.2, -0.15) is 10.2 Å². The second-order valence-electron chi connectivity index (χ2n) is 5.77. The Kier molecular flexibility index (Phi) is 3.77. The molecule has 0 saturated carbocycles. The maximum Gasteiger partial charge on any atom is 0.227 e. The standard InChI is InChI=1S/C15H21N5O/c1-12(10-19-7-4-6-16-19)15(21)20-8-3-5-14(20)13-9-17-18(2)11-13/h4,6-7,9,11-12,14H,3,5,8,10H2,1-2H3. The van der Waals surface area contributed by atoms with Gasteiger partial charge in [-0.3, -0.25) is 14.2 Å². The highest BCUT2D eigenvalue weighted by Gasteiger charge is 2.33. The first kappa shape index (κ1) is 13.9. The van der Waals surface area contributed by atoms with Gasteiger partial charge >= 0.3 is 0 Å². The van der Waals surface area contributed by atoms with Crippen molar-refractivity contribution in [3.63, 3.8) is 0 Å². The number of aryl methyl sites for hydroxylation is 1. The number of amides is 1. The van der Waals surface area contributed by atoms with Crippen LogP contribution >= 0.6 is 0 Å². The molecule has 2 aromatic rings. The molecule has 1 aliphatic heterocycles. The second-order valence-corrected chi connectivity index (χ2v) is 5.77. The second kappa shape index (κ2) is 5.71. The molecule has 6 nitrogen and oxygen atoms in total. The van der Waals surface area contributed by atoms with Gasteiger partial charge in [0.05, 0.1) is 24.7 Å². The SMILES string of the molecule is CC(Cn1cccn1)C(=O)N1CCCC1c1cnn(C)c1. The van der Waals surface area contributed by atoms with Gasteiger partial charge in [-0.1, -0.05) is 6.92 Å². The quantitative estimate of drug-likeness (QED) is 0.858.